The van der Waals surface area contributed by atoms with Crippen molar-refractivity contribution in [2.75, 3.05) is 56.2 Å². The van der Waals surface area contributed by atoms with Gasteiger partial charge in [0.05, 0.1) is 30.0 Å². The first-order valence-electron chi connectivity index (χ1n) is 10.7. The summed E-state index contributed by atoms with van der Waals surface area (Å²) in [7, 11) is 0. The zero-order chi connectivity index (χ0) is 21.6. The fourth-order valence-corrected chi connectivity index (χ4v) is 4.78. The van der Waals surface area contributed by atoms with Gasteiger partial charge in [0, 0.05) is 26.2 Å². The number of amides is 1. The van der Waals surface area contributed by atoms with Crippen LogP contribution in [0.25, 0.3) is 0 Å². The molecule has 0 saturated carbocycles. The van der Waals surface area contributed by atoms with Crippen LogP contribution in [0.5, 0.6) is 0 Å². The minimum atomic E-state index is -1.04. The number of piperidine rings is 1. The highest BCUT2D eigenvalue weighted by atomic mass is 32.1. The fraction of sp³-hybridized carbons (Fsp3) is 0.500. The molecule has 8 nitrogen and oxygen atoms in total. The number of carboxylic acids is 1. The van der Waals surface area contributed by atoms with Gasteiger partial charge >= 0.3 is 5.97 Å². The second-order valence-electron chi connectivity index (χ2n) is 8.00. The Morgan fingerprint density at radius 3 is 2.68 bits per heavy atom. The Hall–Kier alpha value is -2.49. The largest absolute Gasteiger partial charge is 0.478 e. The van der Waals surface area contributed by atoms with Crippen molar-refractivity contribution in [1.82, 2.24) is 9.88 Å². The Morgan fingerprint density at radius 1 is 1.23 bits per heavy atom. The number of hydrogen-bond donors (Lipinski definition) is 2. The highest BCUT2D eigenvalue weighted by molar-refractivity contribution is 7.12. The predicted molar refractivity (Wildman–Crippen MR) is 120 cm³/mol. The lowest BCUT2D eigenvalue weighted by atomic mass is 9.93. The highest BCUT2D eigenvalue weighted by Crippen LogP contribution is 2.28. The standard InChI is InChI=1S/C22H28N4O4S/c27-21(19-2-1-13-31-19)24-17-14-18(22(28)29)20(23-15-17)26-7-4-16(5-8-26)3-6-25-9-11-30-12-10-25/h1-2,13-16H,3-12H2,(H,24,27)(H,28,29). The summed E-state index contributed by atoms with van der Waals surface area (Å²) in [6.45, 7) is 6.37. The van der Waals surface area contributed by atoms with E-state index < -0.39 is 5.97 Å². The monoisotopic (exact) mass is 444 g/mol. The molecule has 2 fully saturated rings. The molecule has 1 amide bonds. The van der Waals surface area contributed by atoms with Crippen molar-refractivity contribution >= 4 is 34.7 Å². The summed E-state index contributed by atoms with van der Waals surface area (Å²) in [4.78, 5) is 33.6. The maximum atomic E-state index is 12.3. The molecular weight excluding hydrogens is 416 g/mol. The summed E-state index contributed by atoms with van der Waals surface area (Å²) in [6.07, 6.45) is 4.77. The van der Waals surface area contributed by atoms with Crippen molar-refractivity contribution in [1.29, 1.82) is 0 Å². The average Bonchev–Trinajstić information content (AvgIpc) is 3.34. The highest BCUT2D eigenvalue weighted by Gasteiger charge is 2.25. The summed E-state index contributed by atoms with van der Waals surface area (Å²) in [5.74, 6) is -0.170. The zero-order valence-electron chi connectivity index (χ0n) is 17.5. The molecule has 4 heterocycles. The number of pyridine rings is 1. The van der Waals surface area contributed by atoms with Crippen LogP contribution in [0.3, 0.4) is 0 Å². The summed E-state index contributed by atoms with van der Waals surface area (Å²) in [5.41, 5.74) is 0.510. The number of aromatic carboxylic acids is 1. The number of carbonyl (C=O) groups is 2. The maximum Gasteiger partial charge on any atom is 0.339 e. The maximum absolute atomic E-state index is 12.3. The van der Waals surface area contributed by atoms with Crippen LogP contribution in [-0.2, 0) is 4.74 Å². The summed E-state index contributed by atoms with van der Waals surface area (Å²) < 4.78 is 5.41. The van der Waals surface area contributed by atoms with Crippen LogP contribution < -0.4 is 10.2 Å². The molecule has 0 atom stereocenters. The second kappa shape index (κ2) is 10.2. The molecule has 0 unspecified atom stereocenters. The van der Waals surface area contributed by atoms with Gasteiger partial charge in [-0.15, -0.1) is 11.3 Å². The molecule has 2 aromatic rings. The van der Waals surface area contributed by atoms with Crippen LogP contribution in [-0.4, -0.2) is 72.8 Å². The Bertz CT molecular complexity index is 891. The number of aromatic nitrogens is 1. The lowest BCUT2D eigenvalue weighted by molar-refractivity contribution is 0.0349. The van der Waals surface area contributed by atoms with E-state index in [0.29, 0.717) is 22.3 Å². The minimum Gasteiger partial charge on any atom is -0.478 e. The number of carboxylic acid groups (broad SMARTS) is 1. The van der Waals surface area contributed by atoms with Crippen molar-refractivity contribution < 1.29 is 19.4 Å². The predicted octanol–water partition coefficient (Wildman–Crippen LogP) is 3.03. The molecule has 2 aliphatic heterocycles. The van der Waals surface area contributed by atoms with Crippen molar-refractivity contribution in [2.24, 2.45) is 5.92 Å². The average molecular weight is 445 g/mol. The Kier molecular flexibility index (Phi) is 7.16. The SMILES string of the molecule is O=C(Nc1cnc(N2CCC(CCN3CCOCC3)CC2)c(C(=O)O)c1)c1cccs1. The van der Waals surface area contributed by atoms with Crippen LogP contribution in [0.2, 0.25) is 0 Å². The molecule has 2 saturated heterocycles. The van der Waals surface area contributed by atoms with Crippen LogP contribution in [0.15, 0.2) is 29.8 Å². The number of hydrogen-bond acceptors (Lipinski definition) is 7. The van der Waals surface area contributed by atoms with Gasteiger partial charge in [0.2, 0.25) is 0 Å². The molecule has 9 heteroatoms. The fourth-order valence-electron chi connectivity index (χ4n) is 4.16. The lowest BCUT2D eigenvalue weighted by Gasteiger charge is -2.35. The third-order valence-electron chi connectivity index (χ3n) is 5.97. The molecule has 0 aromatic carbocycles. The van der Waals surface area contributed by atoms with Gasteiger partial charge in [0.1, 0.15) is 11.4 Å². The third kappa shape index (κ3) is 5.61. The lowest BCUT2D eigenvalue weighted by Crippen LogP contribution is -2.39. The molecule has 2 aromatic heterocycles. The van der Waals surface area contributed by atoms with Gasteiger partial charge in [0.15, 0.2) is 0 Å². The van der Waals surface area contributed by atoms with E-state index in [1.807, 2.05) is 5.38 Å². The first-order valence-corrected chi connectivity index (χ1v) is 11.6. The number of nitrogens with one attached hydrogen (secondary N) is 1. The van der Waals surface area contributed by atoms with Crippen LogP contribution in [0.4, 0.5) is 11.5 Å². The molecule has 0 aliphatic carbocycles. The van der Waals surface area contributed by atoms with Crippen LogP contribution >= 0.6 is 11.3 Å². The van der Waals surface area contributed by atoms with E-state index in [-0.39, 0.29) is 11.5 Å². The topological polar surface area (TPSA) is 95.0 Å². The number of anilines is 2. The minimum absolute atomic E-state index is 0.121. The molecule has 0 radical (unpaired) electrons. The molecule has 4 rings (SSSR count). The van der Waals surface area contributed by atoms with Crippen LogP contribution in [0, 0.1) is 5.92 Å². The van der Waals surface area contributed by atoms with Gasteiger partial charge in [0.25, 0.3) is 5.91 Å². The normalized spacial score (nSPS) is 18.1. The van der Waals surface area contributed by atoms with E-state index in [9.17, 15) is 14.7 Å². The Labute approximate surface area is 185 Å². The summed E-state index contributed by atoms with van der Waals surface area (Å²) in [6, 6.07) is 5.03. The molecule has 31 heavy (non-hydrogen) atoms. The summed E-state index contributed by atoms with van der Waals surface area (Å²) in [5, 5.41) is 14.3. The number of thiophene rings is 1. The molecule has 2 N–H and O–H groups in total. The van der Waals surface area contributed by atoms with Gasteiger partial charge in [-0.05, 0) is 49.2 Å². The van der Waals surface area contributed by atoms with Gasteiger partial charge in [-0.1, -0.05) is 6.07 Å². The van der Waals surface area contributed by atoms with E-state index in [2.05, 4.69) is 20.1 Å². The van der Waals surface area contributed by atoms with Crippen molar-refractivity contribution in [2.45, 2.75) is 19.3 Å². The van der Waals surface area contributed by atoms with E-state index in [1.54, 1.807) is 12.1 Å². The van der Waals surface area contributed by atoms with Crippen molar-refractivity contribution in [3.8, 4) is 0 Å². The number of morpholine rings is 1. The van der Waals surface area contributed by atoms with E-state index in [4.69, 9.17) is 4.74 Å². The Morgan fingerprint density at radius 2 is 2.00 bits per heavy atom. The van der Waals surface area contributed by atoms with Gasteiger partial charge in [-0.3, -0.25) is 9.69 Å². The second-order valence-corrected chi connectivity index (χ2v) is 8.95. The number of nitrogens with zero attached hydrogens (tertiary/aromatic N) is 3. The number of ether oxygens (including phenoxy) is 1. The van der Waals surface area contributed by atoms with E-state index in [0.717, 1.165) is 58.8 Å². The molecule has 166 valence electrons. The third-order valence-corrected chi connectivity index (χ3v) is 6.84. The molecule has 0 spiro atoms. The van der Waals surface area contributed by atoms with Gasteiger partial charge < -0.3 is 20.1 Å². The number of carbonyl (C=O) groups excluding carboxylic acids is 1. The van der Waals surface area contributed by atoms with Crippen molar-refractivity contribution in [3.63, 3.8) is 0 Å². The van der Waals surface area contributed by atoms with Crippen LogP contribution in [0.1, 0.15) is 39.3 Å². The summed E-state index contributed by atoms with van der Waals surface area (Å²) >= 11 is 1.33. The van der Waals surface area contributed by atoms with Gasteiger partial charge in [-0.2, -0.15) is 0 Å². The first kappa shape index (κ1) is 21.7. The molecule has 0 bridgehead atoms. The van der Waals surface area contributed by atoms with Crippen molar-refractivity contribution in [3.05, 3.63) is 40.2 Å². The molecular formula is C22H28N4O4S. The molecule has 2 aliphatic rings. The smallest absolute Gasteiger partial charge is 0.339 e. The van der Waals surface area contributed by atoms with E-state index >= 15 is 0 Å². The first-order chi connectivity index (χ1) is 15.1. The van der Waals surface area contributed by atoms with E-state index in [1.165, 1.54) is 30.0 Å². The zero-order valence-corrected chi connectivity index (χ0v) is 18.3. The number of rotatable bonds is 7. The van der Waals surface area contributed by atoms with Gasteiger partial charge in [-0.25, -0.2) is 9.78 Å². The quantitative estimate of drug-likeness (QED) is 0.678. The Balaban J connectivity index is 1.35.